The van der Waals surface area contributed by atoms with Crippen LogP contribution in [-0.2, 0) is 16.0 Å². The zero-order valence-corrected chi connectivity index (χ0v) is 11.8. The highest BCUT2D eigenvalue weighted by molar-refractivity contribution is 6.03. The molecule has 1 rings (SSSR count). The van der Waals surface area contributed by atoms with Crippen molar-refractivity contribution in [3.05, 3.63) is 29.8 Å². The van der Waals surface area contributed by atoms with E-state index in [1.165, 1.54) is 0 Å². The Morgan fingerprint density at radius 2 is 1.95 bits per heavy atom. The summed E-state index contributed by atoms with van der Waals surface area (Å²) < 4.78 is 0. The zero-order valence-electron chi connectivity index (χ0n) is 11.8. The molecule has 0 radical (unpaired) electrons. The second-order valence-corrected chi connectivity index (χ2v) is 4.98. The van der Waals surface area contributed by atoms with Crippen molar-refractivity contribution in [3.8, 4) is 0 Å². The molecule has 0 heterocycles. The number of rotatable bonds is 6. The maximum atomic E-state index is 11.7. The Bertz CT molecular complexity index is 442. The molecule has 0 bridgehead atoms. The first-order valence-corrected chi connectivity index (χ1v) is 6.66. The summed E-state index contributed by atoms with van der Waals surface area (Å²) in [7, 11) is 0. The van der Waals surface area contributed by atoms with Crippen LogP contribution in [0, 0.1) is 5.92 Å². The van der Waals surface area contributed by atoms with Crippen LogP contribution >= 0.6 is 0 Å². The van der Waals surface area contributed by atoms with Crippen LogP contribution in [0.4, 0.5) is 5.69 Å². The van der Waals surface area contributed by atoms with E-state index < -0.39 is 0 Å². The van der Waals surface area contributed by atoms with Crippen LogP contribution in [0.1, 0.15) is 32.8 Å². The monoisotopic (exact) mass is 262 g/mol. The number of amides is 2. The molecule has 1 aromatic rings. The third-order valence-corrected chi connectivity index (χ3v) is 2.65. The van der Waals surface area contributed by atoms with E-state index in [1.807, 2.05) is 38.1 Å². The molecule has 4 nitrogen and oxygen atoms in total. The van der Waals surface area contributed by atoms with Gasteiger partial charge in [-0.3, -0.25) is 9.59 Å². The Morgan fingerprint density at radius 3 is 2.58 bits per heavy atom. The minimum Gasteiger partial charge on any atom is -0.355 e. The molecule has 0 saturated carbocycles. The summed E-state index contributed by atoms with van der Waals surface area (Å²) in [5.74, 6) is -0.138. The van der Waals surface area contributed by atoms with Gasteiger partial charge in [0.25, 0.3) is 0 Å². The van der Waals surface area contributed by atoms with Crippen LogP contribution < -0.4 is 10.6 Å². The SMILES string of the molecule is CCc1cccc(NC(=O)CC(=O)NCC(C)C)c1. The first kappa shape index (κ1) is 15.2. The third-order valence-electron chi connectivity index (χ3n) is 2.65. The van der Waals surface area contributed by atoms with E-state index in [1.54, 1.807) is 0 Å². The van der Waals surface area contributed by atoms with Gasteiger partial charge in [0.15, 0.2) is 0 Å². The molecular weight excluding hydrogens is 240 g/mol. The van der Waals surface area contributed by atoms with Crippen LogP contribution in [0.15, 0.2) is 24.3 Å². The fourth-order valence-electron chi connectivity index (χ4n) is 1.60. The van der Waals surface area contributed by atoms with Gasteiger partial charge in [-0.15, -0.1) is 0 Å². The Labute approximate surface area is 114 Å². The van der Waals surface area contributed by atoms with E-state index in [0.29, 0.717) is 12.5 Å². The van der Waals surface area contributed by atoms with Crippen molar-refractivity contribution in [3.63, 3.8) is 0 Å². The highest BCUT2D eigenvalue weighted by Crippen LogP contribution is 2.11. The Kier molecular flexibility index (Phi) is 6.06. The van der Waals surface area contributed by atoms with Crippen LogP contribution in [-0.4, -0.2) is 18.4 Å². The highest BCUT2D eigenvalue weighted by Gasteiger charge is 2.09. The second kappa shape index (κ2) is 7.56. The Morgan fingerprint density at radius 1 is 1.21 bits per heavy atom. The molecular formula is C15H22N2O2. The highest BCUT2D eigenvalue weighted by atomic mass is 16.2. The van der Waals surface area contributed by atoms with Crippen molar-refractivity contribution in [2.45, 2.75) is 33.6 Å². The van der Waals surface area contributed by atoms with Gasteiger partial charge in [-0.2, -0.15) is 0 Å². The van der Waals surface area contributed by atoms with Crippen LogP contribution in [0.25, 0.3) is 0 Å². The molecule has 0 aliphatic carbocycles. The number of benzene rings is 1. The Hall–Kier alpha value is -1.84. The van der Waals surface area contributed by atoms with Gasteiger partial charge in [0.05, 0.1) is 0 Å². The first-order valence-electron chi connectivity index (χ1n) is 6.66. The molecule has 104 valence electrons. The molecule has 0 aliphatic heterocycles. The molecule has 0 unspecified atom stereocenters. The van der Waals surface area contributed by atoms with Crippen molar-refractivity contribution >= 4 is 17.5 Å². The maximum absolute atomic E-state index is 11.7. The molecule has 0 spiro atoms. The summed E-state index contributed by atoms with van der Waals surface area (Å²) in [4.78, 5) is 23.2. The predicted molar refractivity (Wildman–Crippen MR) is 76.9 cm³/mol. The van der Waals surface area contributed by atoms with Gasteiger partial charge in [-0.05, 0) is 30.0 Å². The number of nitrogens with one attached hydrogen (secondary N) is 2. The van der Waals surface area contributed by atoms with E-state index in [9.17, 15) is 9.59 Å². The minimum absolute atomic E-state index is 0.136. The average molecular weight is 262 g/mol. The number of anilines is 1. The van der Waals surface area contributed by atoms with Crippen molar-refractivity contribution < 1.29 is 9.59 Å². The number of carbonyl (C=O) groups is 2. The lowest BCUT2D eigenvalue weighted by Crippen LogP contribution is -2.30. The molecule has 0 aliphatic rings. The number of hydrogen-bond acceptors (Lipinski definition) is 2. The summed E-state index contributed by atoms with van der Waals surface area (Å²) in [5.41, 5.74) is 1.89. The smallest absolute Gasteiger partial charge is 0.233 e. The molecule has 0 aromatic heterocycles. The maximum Gasteiger partial charge on any atom is 0.233 e. The summed E-state index contributed by atoms with van der Waals surface area (Å²) in [5, 5.41) is 5.46. The third kappa shape index (κ3) is 6.04. The van der Waals surface area contributed by atoms with Gasteiger partial charge in [-0.1, -0.05) is 32.9 Å². The van der Waals surface area contributed by atoms with Crippen molar-refractivity contribution in [1.29, 1.82) is 0 Å². The van der Waals surface area contributed by atoms with Crippen LogP contribution in [0.5, 0.6) is 0 Å². The fraction of sp³-hybridized carbons (Fsp3) is 0.467. The average Bonchev–Trinajstić information content (AvgIpc) is 2.36. The largest absolute Gasteiger partial charge is 0.355 e. The summed E-state index contributed by atoms with van der Waals surface area (Å²) in [6, 6.07) is 7.64. The van der Waals surface area contributed by atoms with Crippen molar-refractivity contribution in [2.75, 3.05) is 11.9 Å². The van der Waals surface area contributed by atoms with Gasteiger partial charge in [0.1, 0.15) is 6.42 Å². The van der Waals surface area contributed by atoms with Gasteiger partial charge in [-0.25, -0.2) is 0 Å². The van der Waals surface area contributed by atoms with Gasteiger partial charge >= 0.3 is 0 Å². The van der Waals surface area contributed by atoms with Gasteiger partial charge < -0.3 is 10.6 Å². The molecule has 0 saturated heterocycles. The first-order chi connectivity index (χ1) is 9.01. The molecule has 2 amide bonds. The molecule has 0 fully saturated rings. The molecule has 4 heteroatoms. The lowest BCUT2D eigenvalue weighted by Gasteiger charge is -2.09. The second-order valence-electron chi connectivity index (χ2n) is 4.98. The predicted octanol–water partition coefficient (Wildman–Crippen LogP) is 2.35. The van der Waals surface area contributed by atoms with Crippen LogP contribution in [0.3, 0.4) is 0 Å². The fourth-order valence-corrected chi connectivity index (χ4v) is 1.60. The van der Waals surface area contributed by atoms with E-state index in [-0.39, 0.29) is 18.2 Å². The topological polar surface area (TPSA) is 58.2 Å². The molecule has 19 heavy (non-hydrogen) atoms. The summed E-state index contributed by atoms with van der Waals surface area (Å²) >= 11 is 0. The lowest BCUT2D eigenvalue weighted by atomic mass is 10.1. The standard InChI is InChI=1S/C15H22N2O2/c1-4-12-6-5-7-13(8-12)17-15(19)9-14(18)16-10-11(2)3/h5-8,11H,4,9-10H2,1-3H3,(H,16,18)(H,17,19). The number of hydrogen-bond donors (Lipinski definition) is 2. The number of carbonyl (C=O) groups excluding carboxylic acids is 2. The van der Waals surface area contributed by atoms with Crippen molar-refractivity contribution in [1.82, 2.24) is 5.32 Å². The van der Waals surface area contributed by atoms with Crippen LogP contribution in [0.2, 0.25) is 0 Å². The molecule has 1 aromatic carbocycles. The van der Waals surface area contributed by atoms with Crippen molar-refractivity contribution in [2.24, 2.45) is 5.92 Å². The molecule has 2 N–H and O–H groups in total. The van der Waals surface area contributed by atoms with E-state index >= 15 is 0 Å². The lowest BCUT2D eigenvalue weighted by molar-refractivity contribution is -0.126. The van der Waals surface area contributed by atoms with E-state index in [0.717, 1.165) is 17.7 Å². The summed E-state index contributed by atoms with van der Waals surface area (Å²) in [6.45, 7) is 6.67. The zero-order chi connectivity index (χ0) is 14.3. The quantitative estimate of drug-likeness (QED) is 0.773. The van der Waals surface area contributed by atoms with E-state index in [4.69, 9.17) is 0 Å². The molecule has 0 atom stereocenters. The Balaban J connectivity index is 2.44. The summed E-state index contributed by atoms with van der Waals surface area (Å²) in [6.07, 6.45) is 0.779. The number of aryl methyl sites for hydroxylation is 1. The normalized spacial score (nSPS) is 10.3. The van der Waals surface area contributed by atoms with Gasteiger partial charge in [0.2, 0.25) is 11.8 Å². The van der Waals surface area contributed by atoms with Gasteiger partial charge in [0, 0.05) is 12.2 Å². The van der Waals surface area contributed by atoms with E-state index in [2.05, 4.69) is 17.6 Å². The minimum atomic E-state index is -0.283.